The van der Waals surface area contributed by atoms with Crippen LogP contribution < -0.4 is 10.3 Å². The fraction of sp³-hybridized carbons (Fsp3) is 0.353. The molecular formula is C17H19N3O4. The number of hydrogen-bond acceptors (Lipinski definition) is 6. The fourth-order valence-corrected chi connectivity index (χ4v) is 2.55. The van der Waals surface area contributed by atoms with Crippen molar-refractivity contribution in [2.75, 3.05) is 6.61 Å². The molecule has 1 atom stereocenters. The Morgan fingerprint density at radius 3 is 2.67 bits per heavy atom. The van der Waals surface area contributed by atoms with Gasteiger partial charge in [-0.25, -0.2) is 4.68 Å². The summed E-state index contributed by atoms with van der Waals surface area (Å²) in [4.78, 5) is 12.4. The molecule has 3 aromatic rings. The Labute approximate surface area is 138 Å². The zero-order chi connectivity index (χ0) is 17.3. The lowest BCUT2D eigenvalue weighted by Gasteiger charge is -2.13. The van der Waals surface area contributed by atoms with Crippen molar-refractivity contribution in [3.8, 4) is 5.75 Å². The molecule has 7 heteroatoms. The summed E-state index contributed by atoms with van der Waals surface area (Å²) in [6.45, 7) is 5.58. The number of aliphatic hydroxyl groups excluding tert-OH is 1. The van der Waals surface area contributed by atoms with Gasteiger partial charge >= 0.3 is 0 Å². The SMILES string of the molecule is Cc1ccc(OCC(O)Cn2nc(C)c3c(C)onc3c2=O)cc1. The van der Waals surface area contributed by atoms with E-state index < -0.39 is 6.10 Å². The van der Waals surface area contributed by atoms with Crippen LogP contribution in [0.5, 0.6) is 5.75 Å². The highest BCUT2D eigenvalue weighted by Crippen LogP contribution is 2.16. The second kappa shape index (κ2) is 6.45. The maximum Gasteiger partial charge on any atom is 0.296 e. The molecule has 2 aromatic heterocycles. The summed E-state index contributed by atoms with van der Waals surface area (Å²) < 4.78 is 11.8. The van der Waals surface area contributed by atoms with Crippen LogP contribution in [0.2, 0.25) is 0 Å². The zero-order valence-corrected chi connectivity index (χ0v) is 13.8. The monoisotopic (exact) mass is 329 g/mol. The molecule has 1 unspecified atom stereocenters. The van der Waals surface area contributed by atoms with Gasteiger partial charge in [0.05, 0.1) is 17.6 Å². The minimum atomic E-state index is -0.874. The molecule has 0 aliphatic carbocycles. The summed E-state index contributed by atoms with van der Waals surface area (Å²) in [6.07, 6.45) is -0.874. The van der Waals surface area contributed by atoms with Crippen molar-refractivity contribution in [2.45, 2.75) is 33.4 Å². The molecule has 126 valence electrons. The number of rotatable bonds is 5. The Balaban J connectivity index is 1.73. The summed E-state index contributed by atoms with van der Waals surface area (Å²) >= 11 is 0. The van der Waals surface area contributed by atoms with Gasteiger partial charge in [0.15, 0.2) is 5.52 Å². The van der Waals surface area contributed by atoms with Crippen molar-refractivity contribution in [2.24, 2.45) is 0 Å². The number of fused-ring (bicyclic) bond motifs is 1. The van der Waals surface area contributed by atoms with E-state index in [2.05, 4.69) is 10.3 Å². The molecular weight excluding hydrogens is 310 g/mol. The van der Waals surface area contributed by atoms with Crippen LogP contribution in [-0.4, -0.2) is 32.8 Å². The van der Waals surface area contributed by atoms with Gasteiger partial charge in [-0.3, -0.25) is 4.79 Å². The van der Waals surface area contributed by atoms with E-state index in [1.54, 1.807) is 13.8 Å². The van der Waals surface area contributed by atoms with Crippen molar-refractivity contribution in [1.82, 2.24) is 14.9 Å². The van der Waals surface area contributed by atoms with E-state index in [0.29, 0.717) is 22.6 Å². The van der Waals surface area contributed by atoms with E-state index in [4.69, 9.17) is 9.26 Å². The molecule has 1 N–H and O–H groups in total. The van der Waals surface area contributed by atoms with Gasteiger partial charge in [-0.05, 0) is 32.9 Å². The zero-order valence-electron chi connectivity index (χ0n) is 13.8. The lowest BCUT2D eigenvalue weighted by Crippen LogP contribution is -2.32. The molecule has 1 aromatic carbocycles. The molecule has 0 saturated heterocycles. The number of aromatic nitrogens is 3. The van der Waals surface area contributed by atoms with Gasteiger partial charge in [0.1, 0.15) is 24.2 Å². The Kier molecular flexibility index (Phi) is 4.35. The third-order valence-corrected chi connectivity index (χ3v) is 3.78. The number of ether oxygens (including phenoxy) is 1. The molecule has 0 aliphatic heterocycles. The fourth-order valence-electron chi connectivity index (χ4n) is 2.55. The molecule has 7 nitrogen and oxygen atoms in total. The van der Waals surface area contributed by atoms with Gasteiger partial charge in [-0.2, -0.15) is 5.10 Å². The first-order chi connectivity index (χ1) is 11.5. The van der Waals surface area contributed by atoms with Crippen molar-refractivity contribution >= 4 is 10.9 Å². The molecule has 0 spiro atoms. The third kappa shape index (κ3) is 3.16. The predicted molar refractivity (Wildman–Crippen MR) is 88.2 cm³/mol. The van der Waals surface area contributed by atoms with Gasteiger partial charge in [0.25, 0.3) is 5.56 Å². The largest absolute Gasteiger partial charge is 0.491 e. The number of hydrogen-bond donors (Lipinski definition) is 1. The number of benzene rings is 1. The van der Waals surface area contributed by atoms with Crippen molar-refractivity contribution in [3.63, 3.8) is 0 Å². The van der Waals surface area contributed by atoms with Crippen molar-refractivity contribution in [1.29, 1.82) is 0 Å². The van der Waals surface area contributed by atoms with Crippen molar-refractivity contribution in [3.05, 3.63) is 51.6 Å². The molecule has 0 fully saturated rings. The highest BCUT2D eigenvalue weighted by molar-refractivity contribution is 5.81. The summed E-state index contributed by atoms with van der Waals surface area (Å²) in [5.74, 6) is 1.22. The van der Waals surface area contributed by atoms with Crippen LogP contribution in [0, 0.1) is 20.8 Å². The third-order valence-electron chi connectivity index (χ3n) is 3.78. The number of aliphatic hydroxyl groups is 1. The second-order valence-corrected chi connectivity index (χ2v) is 5.81. The minimum Gasteiger partial charge on any atom is -0.491 e. The van der Waals surface area contributed by atoms with Gasteiger partial charge in [0, 0.05) is 0 Å². The van der Waals surface area contributed by atoms with Crippen LogP contribution in [0.1, 0.15) is 17.0 Å². The molecule has 3 rings (SSSR count). The summed E-state index contributed by atoms with van der Waals surface area (Å²) in [6, 6.07) is 7.53. The first kappa shape index (κ1) is 16.2. The number of aryl methyl sites for hydroxylation is 3. The summed E-state index contributed by atoms with van der Waals surface area (Å²) in [7, 11) is 0. The molecule has 0 amide bonds. The maximum absolute atomic E-state index is 12.4. The molecule has 2 heterocycles. The van der Waals surface area contributed by atoms with E-state index in [1.165, 1.54) is 4.68 Å². The van der Waals surface area contributed by atoms with E-state index in [0.717, 1.165) is 5.56 Å². The first-order valence-electron chi connectivity index (χ1n) is 7.67. The summed E-state index contributed by atoms with van der Waals surface area (Å²) in [5, 5.41) is 18.8. The average molecular weight is 329 g/mol. The summed E-state index contributed by atoms with van der Waals surface area (Å²) in [5.41, 5.74) is 1.61. The van der Waals surface area contributed by atoms with Gasteiger partial charge < -0.3 is 14.4 Å². The predicted octanol–water partition coefficient (Wildman–Crippen LogP) is 1.75. The quantitative estimate of drug-likeness (QED) is 0.767. The second-order valence-electron chi connectivity index (χ2n) is 5.81. The first-order valence-corrected chi connectivity index (χ1v) is 7.67. The van der Waals surface area contributed by atoms with E-state index >= 15 is 0 Å². The Morgan fingerprint density at radius 2 is 1.96 bits per heavy atom. The van der Waals surface area contributed by atoms with Gasteiger partial charge in [-0.15, -0.1) is 0 Å². The van der Waals surface area contributed by atoms with Crippen LogP contribution in [-0.2, 0) is 6.54 Å². The van der Waals surface area contributed by atoms with Crippen LogP contribution in [0.25, 0.3) is 10.9 Å². The van der Waals surface area contributed by atoms with Crippen LogP contribution in [0.4, 0.5) is 0 Å². The maximum atomic E-state index is 12.4. The highest BCUT2D eigenvalue weighted by atomic mass is 16.5. The van der Waals surface area contributed by atoms with Crippen LogP contribution in [0.15, 0.2) is 33.6 Å². The van der Waals surface area contributed by atoms with E-state index in [1.807, 2.05) is 31.2 Å². The minimum absolute atomic E-state index is 0.0212. The van der Waals surface area contributed by atoms with Crippen LogP contribution >= 0.6 is 0 Å². The van der Waals surface area contributed by atoms with E-state index in [9.17, 15) is 9.90 Å². The van der Waals surface area contributed by atoms with Crippen molar-refractivity contribution < 1.29 is 14.4 Å². The molecule has 0 bridgehead atoms. The lowest BCUT2D eigenvalue weighted by molar-refractivity contribution is 0.0880. The smallest absolute Gasteiger partial charge is 0.296 e. The normalized spacial score (nSPS) is 12.5. The Bertz CT molecular complexity index is 912. The van der Waals surface area contributed by atoms with Crippen LogP contribution in [0.3, 0.4) is 0 Å². The number of nitrogens with zero attached hydrogens (tertiary/aromatic N) is 3. The lowest BCUT2D eigenvalue weighted by atomic mass is 10.2. The average Bonchev–Trinajstić information content (AvgIpc) is 2.94. The molecule has 0 saturated carbocycles. The van der Waals surface area contributed by atoms with Gasteiger partial charge in [-0.1, -0.05) is 22.9 Å². The topological polar surface area (TPSA) is 90.4 Å². The Morgan fingerprint density at radius 1 is 1.25 bits per heavy atom. The molecule has 0 aliphatic rings. The van der Waals surface area contributed by atoms with E-state index in [-0.39, 0.29) is 24.2 Å². The Hall–Kier alpha value is -2.67. The molecule has 24 heavy (non-hydrogen) atoms. The standard InChI is InChI=1S/C17H19N3O4/c1-10-4-6-14(7-5-10)23-9-13(21)8-20-17(22)16-15(11(2)18-20)12(3)24-19-16/h4-7,13,21H,8-9H2,1-3H3. The molecule has 0 radical (unpaired) electrons. The van der Waals surface area contributed by atoms with Gasteiger partial charge in [0.2, 0.25) is 0 Å². The highest BCUT2D eigenvalue weighted by Gasteiger charge is 2.17.